The third kappa shape index (κ3) is 2.62. The van der Waals surface area contributed by atoms with Gasteiger partial charge in [-0.25, -0.2) is 0 Å². The molecule has 0 saturated carbocycles. The highest BCUT2D eigenvalue weighted by molar-refractivity contribution is 5.70. The van der Waals surface area contributed by atoms with E-state index < -0.39 is 0 Å². The molecule has 1 aliphatic rings. The predicted molar refractivity (Wildman–Crippen MR) is 84.4 cm³/mol. The summed E-state index contributed by atoms with van der Waals surface area (Å²) in [5, 5.41) is 3.48. The SMILES string of the molecule is COc1ccc(C2COc3cc(OC)cc(OC)c3N2)cc1. The molecule has 1 unspecified atom stereocenters. The smallest absolute Gasteiger partial charge is 0.150 e. The van der Waals surface area contributed by atoms with E-state index in [1.807, 2.05) is 36.4 Å². The molecule has 0 bridgehead atoms. The highest BCUT2D eigenvalue weighted by Crippen LogP contribution is 2.43. The molecular formula is C17H19NO4. The van der Waals surface area contributed by atoms with Gasteiger partial charge in [0.05, 0.1) is 27.4 Å². The van der Waals surface area contributed by atoms with Crippen LogP contribution in [0.15, 0.2) is 36.4 Å². The molecule has 1 atom stereocenters. The first-order chi connectivity index (χ1) is 10.7. The molecule has 5 heteroatoms. The Morgan fingerprint density at radius 3 is 2.32 bits per heavy atom. The van der Waals surface area contributed by atoms with E-state index >= 15 is 0 Å². The summed E-state index contributed by atoms with van der Waals surface area (Å²) in [7, 11) is 4.91. The molecule has 0 saturated heterocycles. The highest BCUT2D eigenvalue weighted by Gasteiger charge is 2.24. The topological polar surface area (TPSA) is 49.0 Å². The van der Waals surface area contributed by atoms with Crippen LogP contribution in [0.25, 0.3) is 0 Å². The summed E-state index contributed by atoms with van der Waals surface area (Å²) in [5.41, 5.74) is 1.97. The van der Waals surface area contributed by atoms with Gasteiger partial charge in [-0.2, -0.15) is 0 Å². The van der Waals surface area contributed by atoms with Gasteiger partial charge in [-0.15, -0.1) is 0 Å². The van der Waals surface area contributed by atoms with Gasteiger partial charge in [0.1, 0.15) is 35.3 Å². The van der Waals surface area contributed by atoms with E-state index in [0.717, 1.165) is 22.7 Å². The van der Waals surface area contributed by atoms with Crippen molar-refractivity contribution in [1.82, 2.24) is 0 Å². The minimum atomic E-state index is 0.0562. The first-order valence-electron chi connectivity index (χ1n) is 7.04. The average Bonchev–Trinajstić information content (AvgIpc) is 2.60. The maximum atomic E-state index is 5.88. The van der Waals surface area contributed by atoms with Crippen molar-refractivity contribution in [3.63, 3.8) is 0 Å². The van der Waals surface area contributed by atoms with Gasteiger partial charge in [-0.3, -0.25) is 0 Å². The van der Waals surface area contributed by atoms with Crippen molar-refractivity contribution in [2.24, 2.45) is 0 Å². The summed E-state index contributed by atoms with van der Waals surface area (Å²) >= 11 is 0. The highest BCUT2D eigenvalue weighted by atomic mass is 16.5. The van der Waals surface area contributed by atoms with E-state index in [9.17, 15) is 0 Å². The molecule has 1 heterocycles. The van der Waals surface area contributed by atoms with Crippen LogP contribution in [0.1, 0.15) is 11.6 Å². The standard InChI is InChI=1S/C17H19NO4/c1-19-12-6-4-11(5-7-12)14-10-22-16-9-13(20-2)8-15(21-3)17(16)18-14/h4-9,14,18H,10H2,1-3H3. The molecule has 1 N–H and O–H groups in total. The minimum Gasteiger partial charge on any atom is -0.497 e. The van der Waals surface area contributed by atoms with Crippen LogP contribution in [-0.4, -0.2) is 27.9 Å². The molecule has 0 aromatic heterocycles. The zero-order valence-corrected chi connectivity index (χ0v) is 12.9. The number of fused-ring (bicyclic) bond motifs is 1. The molecule has 3 rings (SSSR count). The lowest BCUT2D eigenvalue weighted by atomic mass is 10.1. The molecule has 0 aliphatic carbocycles. The number of nitrogens with one attached hydrogen (secondary N) is 1. The second-order valence-corrected chi connectivity index (χ2v) is 4.98. The second-order valence-electron chi connectivity index (χ2n) is 4.98. The maximum absolute atomic E-state index is 5.88. The zero-order chi connectivity index (χ0) is 15.5. The van der Waals surface area contributed by atoms with Crippen LogP contribution in [-0.2, 0) is 0 Å². The van der Waals surface area contributed by atoms with E-state index in [1.54, 1.807) is 21.3 Å². The molecule has 0 fully saturated rings. The van der Waals surface area contributed by atoms with Gasteiger partial charge in [0, 0.05) is 12.1 Å². The summed E-state index contributed by atoms with van der Waals surface area (Å²) < 4.78 is 21.8. The first kappa shape index (κ1) is 14.4. The normalized spacial score (nSPS) is 16.0. The molecule has 2 aromatic rings. The lowest BCUT2D eigenvalue weighted by Crippen LogP contribution is -2.24. The van der Waals surface area contributed by atoms with Crippen LogP contribution in [0.4, 0.5) is 5.69 Å². The van der Waals surface area contributed by atoms with E-state index in [0.29, 0.717) is 18.1 Å². The molecule has 22 heavy (non-hydrogen) atoms. The summed E-state index contributed by atoms with van der Waals surface area (Å²) in [4.78, 5) is 0. The van der Waals surface area contributed by atoms with Crippen LogP contribution in [0.2, 0.25) is 0 Å². The Bertz CT molecular complexity index is 637. The van der Waals surface area contributed by atoms with Crippen LogP contribution in [0, 0.1) is 0 Å². The number of benzene rings is 2. The fraction of sp³-hybridized carbons (Fsp3) is 0.294. The fourth-order valence-corrected chi connectivity index (χ4v) is 2.51. The van der Waals surface area contributed by atoms with Crippen LogP contribution in [0.5, 0.6) is 23.0 Å². The summed E-state index contributed by atoms with van der Waals surface area (Å²) in [6.45, 7) is 0.537. The monoisotopic (exact) mass is 301 g/mol. The molecule has 1 aliphatic heterocycles. The van der Waals surface area contributed by atoms with Gasteiger partial charge < -0.3 is 24.3 Å². The van der Waals surface area contributed by atoms with Gasteiger partial charge in [-0.05, 0) is 17.7 Å². The molecule has 2 aromatic carbocycles. The van der Waals surface area contributed by atoms with Crippen molar-refractivity contribution in [2.45, 2.75) is 6.04 Å². The minimum absolute atomic E-state index is 0.0562. The van der Waals surface area contributed by atoms with Gasteiger partial charge >= 0.3 is 0 Å². The Kier molecular flexibility index (Phi) is 3.96. The molecule has 0 amide bonds. The molecule has 5 nitrogen and oxygen atoms in total. The quantitative estimate of drug-likeness (QED) is 0.939. The second kappa shape index (κ2) is 6.05. The van der Waals surface area contributed by atoms with E-state index in [2.05, 4.69) is 5.32 Å². The average molecular weight is 301 g/mol. The lowest BCUT2D eigenvalue weighted by Gasteiger charge is -2.29. The largest absolute Gasteiger partial charge is 0.497 e. The van der Waals surface area contributed by atoms with Crippen molar-refractivity contribution in [3.8, 4) is 23.0 Å². The fourth-order valence-electron chi connectivity index (χ4n) is 2.51. The van der Waals surface area contributed by atoms with E-state index in [4.69, 9.17) is 18.9 Å². The Labute approximate surface area is 129 Å². The van der Waals surface area contributed by atoms with Crippen molar-refractivity contribution in [3.05, 3.63) is 42.0 Å². The number of anilines is 1. The third-order valence-electron chi connectivity index (χ3n) is 3.74. The van der Waals surface area contributed by atoms with Gasteiger partial charge in [0.2, 0.25) is 0 Å². The van der Waals surface area contributed by atoms with E-state index in [-0.39, 0.29) is 6.04 Å². The molecule has 116 valence electrons. The van der Waals surface area contributed by atoms with Gasteiger partial charge in [-0.1, -0.05) is 12.1 Å². The number of rotatable bonds is 4. The number of hydrogen-bond acceptors (Lipinski definition) is 5. The number of methoxy groups -OCH3 is 3. The Morgan fingerprint density at radius 1 is 0.955 bits per heavy atom. The predicted octanol–water partition coefficient (Wildman–Crippen LogP) is 3.26. The van der Waals surface area contributed by atoms with Crippen molar-refractivity contribution >= 4 is 5.69 Å². The Morgan fingerprint density at radius 2 is 1.68 bits per heavy atom. The van der Waals surface area contributed by atoms with Gasteiger partial charge in [0.15, 0.2) is 0 Å². The molecule has 0 radical (unpaired) electrons. The third-order valence-corrected chi connectivity index (χ3v) is 3.74. The summed E-state index contributed by atoms with van der Waals surface area (Å²) in [6, 6.07) is 11.7. The van der Waals surface area contributed by atoms with Gasteiger partial charge in [0.25, 0.3) is 0 Å². The van der Waals surface area contributed by atoms with Crippen LogP contribution >= 0.6 is 0 Å². The number of hydrogen-bond donors (Lipinski definition) is 1. The van der Waals surface area contributed by atoms with Crippen molar-refractivity contribution in [1.29, 1.82) is 0 Å². The van der Waals surface area contributed by atoms with Crippen molar-refractivity contribution in [2.75, 3.05) is 33.3 Å². The first-order valence-corrected chi connectivity index (χ1v) is 7.04. The lowest BCUT2D eigenvalue weighted by molar-refractivity contribution is 0.280. The molecular weight excluding hydrogens is 282 g/mol. The van der Waals surface area contributed by atoms with E-state index in [1.165, 1.54) is 0 Å². The summed E-state index contributed by atoms with van der Waals surface area (Å²) in [5.74, 6) is 2.98. The van der Waals surface area contributed by atoms with Crippen LogP contribution < -0.4 is 24.3 Å². The maximum Gasteiger partial charge on any atom is 0.150 e. The molecule has 0 spiro atoms. The summed E-state index contributed by atoms with van der Waals surface area (Å²) in [6.07, 6.45) is 0. The zero-order valence-electron chi connectivity index (χ0n) is 12.9. The van der Waals surface area contributed by atoms with Crippen LogP contribution in [0.3, 0.4) is 0 Å². The van der Waals surface area contributed by atoms with Crippen molar-refractivity contribution < 1.29 is 18.9 Å². The Hall–Kier alpha value is -2.56. The Balaban J connectivity index is 1.89. The number of ether oxygens (including phenoxy) is 4.